The van der Waals surface area contributed by atoms with E-state index in [-0.39, 0.29) is 0 Å². The number of hydrogen-bond donors (Lipinski definition) is 0. The molecule has 0 N–H and O–H groups in total. The lowest BCUT2D eigenvalue weighted by molar-refractivity contribution is 0.415. The fraction of sp³-hybridized carbons (Fsp3) is 0.500. The van der Waals surface area contributed by atoms with E-state index >= 15 is 0 Å². The lowest BCUT2D eigenvalue weighted by Crippen LogP contribution is -1.78. The van der Waals surface area contributed by atoms with Crippen LogP contribution in [0.25, 0.3) is 0 Å². The van der Waals surface area contributed by atoms with Crippen LogP contribution in [-0.2, 0) is 0 Å². The predicted octanol–water partition coefficient (Wildman–Crippen LogP) is 3.65. The summed E-state index contributed by atoms with van der Waals surface area (Å²) in [6, 6.07) is 9.68. The highest BCUT2D eigenvalue weighted by molar-refractivity contribution is 5.20. The lowest BCUT2D eigenvalue weighted by Gasteiger charge is -1.93. The van der Waals surface area contributed by atoms with Crippen LogP contribution >= 0.6 is 0 Å². The molecule has 1 aromatic rings. The number of para-hydroxylation sites is 1. The third-order valence-electron chi connectivity index (χ3n) is 2.23. The van der Waals surface area contributed by atoms with E-state index in [1.807, 2.05) is 30.3 Å². The first-order chi connectivity index (χ1) is 6.43. The van der Waals surface area contributed by atoms with Gasteiger partial charge in [0, 0.05) is 0 Å². The Labute approximate surface area is 80.7 Å². The second kappa shape index (κ2) is 6.53. The van der Waals surface area contributed by atoms with Crippen molar-refractivity contribution in [2.24, 2.45) is 0 Å². The maximum Gasteiger partial charge on any atom is 0.118 e. The van der Waals surface area contributed by atoms with E-state index in [2.05, 4.69) is 0 Å². The Morgan fingerprint density at radius 2 is 1.31 bits per heavy atom. The van der Waals surface area contributed by atoms with E-state index in [1.54, 1.807) is 7.11 Å². The molecule has 0 spiro atoms. The fourth-order valence-electron chi connectivity index (χ4n) is 1.44. The first-order valence-corrected chi connectivity index (χ1v) is 5.02. The Hall–Kier alpha value is -0.980. The summed E-state index contributed by atoms with van der Waals surface area (Å²) < 4.78 is 4.91. The van der Waals surface area contributed by atoms with Crippen LogP contribution in [0.4, 0.5) is 0 Å². The van der Waals surface area contributed by atoms with Gasteiger partial charge in [-0.25, -0.2) is 0 Å². The van der Waals surface area contributed by atoms with Gasteiger partial charge in [-0.2, -0.15) is 0 Å². The molecule has 0 bridgehead atoms. The van der Waals surface area contributed by atoms with Gasteiger partial charge in [0.05, 0.1) is 7.11 Å². The molecule has 1 saturated carbocycles. The minimum absolute atomic E-state index is 0.910. The molecule has 2 rings (SSSR count). The molecule has 0 saturated heterocycles. The Morgan fingerprint density at radius 1 is 0.846 bits per heavy atom. The smallest absolute Gasteiger partial charge is 0.118 e. The molecule has 72 valence electrons. The van der Waals surface area contributed by atoms with Crippen molar-refractivity contribution in [2.75, 3.05) is 7.11 Å². The highest BCUT2D eigenvalue weighted by Gasteiger charge is 1.95. The molecule has 1 nitrogen and oxygen atoms in total. The highest BCUT2D eigenvalue weighted by atomic mass is 16.5. The monoisotopic (exact) mass is 178 g/mol. The Bertz CT molecular complexity index is 194. The van der Waals surface area contributed by atoms with Crippen LogP contribution in [0.15, 0.2) is 30.3 Å². The van der Waals surface area contributed by atoms with Crippen molar-refractivity contribution in [2.45, 2.75) is 32.1 Å². The molecule has 1 heteroatoms. The van der Waals surface area contributed by atoms with Crippen molar-refractivity contribution in [1.82, 2.24) is 0 Å². The second-order valence-electron chi connectivity index (χ2n) is 3.28. The van der Waals surface area contributed by atoms with E-state index in [4.69, 9.17) is 4.74 Å². The van der Waals surface area contributed by atoms with Crippen molar-refractivity contribution >= 4 is 0 Å². The van der Waals surface area contributed by atoms with E-state index in [0.29, 0.717) is 0 Å². The number of methoxy groups -OCH3 is 1. The maximum absolute atomic E-state index is 4.91. The van der Waals surface area contributed by atoms with Gasteiger partial charge in [0.2, 0.25) is 0 Å². The molecule has 1 aliphatic rings. The topological polar surface area (TPSA) is 9.23 Å². The van der Waals surface area contributed by atoms with Crippen molar-refractivity contribution in [3.05, 3.63) is 30.3 Å². The molecule has 0 aromatic heterocycles. The van der Waals surface area contributed by atoms with Crippen LogP contribution in [0.5, 0.6) is 5.75 Å². The Kier molecular flexibility index (Phi) is 5.07. The molecule has 0 aliphatic heterocycles. The quantitative estimate of drug-likeness (QED) is 0.638. The van der Waals surface area contributed by atoms with Gasteiger partial charge in [-0.15, -0.1) is 0 Å². The zero-order valence-corrected chi connectivity index (χ0v) is 8.33. The Morgan fingerprint density at radius 3 is 1.62 bits per heavy atom. The number of benzene rings is 1. The summed E-state index contributed by atoms with van der Waals surface area (Å²) in [7, 11) is 1.66. The molecule has 1 aliphatic carbocycles. The summed E-state index contributed by atoms with van der Waals surface area (Å²) in [5.74, 6) is 0.910. The lowest BCUT2D eigenvalue weighted by atomic mass is 10.3. The summed E-state index contributed by atoms with van der Waals surface area (Å²) in [4.78, 5) is 0. The summed E-state index contributed by atoms with van der Waals surface area (Å²) in [6.07, 6.45) is 7.50. The van der Waals surface area contributed by atoms with Gasteiger partial charge in [-0.1, -0.05) is 50.3 Å². The normalized spacial score (nSPS) is 14.5. The zero-order chi connectivity index (χ0) is 9.36. The highest BCUT2D eigenvalue weighted by Crippen LogP contribution is 2.15. The third-order valence-corrected chi connectivity index (χ3v) is 2.23. The van der Waals surface area contributed by atoms with Crippen LogP contribution in [0.1, 0.15) is 32.1 Å². The van der Waals surface area contributed by atoms with Crippen LogP contribution in [0, 0.1) is 0 Å². The first-order valence-electron chi connectivity index (χ1n) is 5.02. The fourth-order valence-corrected chi connectivity index (χ4v) is 1.44. The van der Waals surface area contributed by atoms with Gasteiger partial charge >= 0.3 is 0 Å². The van der Waals surface area contributed by atoms with Crippen LogP contribution in [0.2, 0.25) is 0 Å². The van der Waals surface area contributed by atoms with Crippen molar-refractivity contribution in [1.29, 1.82) is 0 Å². The second-order valence-corrected chi connectivity index (χ2v) is 3.28. The number of ether oxygens (including phenoxy) is 1. The van der Waals surface area contributed by atoms with Crippen LogP contribution in [0.3, 0.4) is 0 Å². The molecule has 1 aromatic carbocycles. The number of rotatable bonds is 1. The molecular weight excluding hydrogens is 160 g/mol. The summed E-state index contributed by atoms with van der Waals surface area (Å²) in [5, 5.41) is 0. The van der Waals surface area contributed by atoms with Gasteiger partial charge in [-0.05, 0) is 12.1 Å². The minimum Gasteiger partial charge on any atom is -0.497 e. The van der Waals surface area contributed by atoms with Crippen molar-refractivity contribution < 1.29 is 4.74 Å². The van der Waals surface area contributed by atoms with Gasteiger partial charge in [-0.3, -0.25) is 0 Å². The average molecular weight is 178 g/mol. The van der Waals surface area contributed by atoms with Crippen molar-refractivity contribution in [3.63, 3.8) is 0 Å². The molecule has 0 heterocycles. The standard InChI is InChI=1S/C7H8O.C5H10/c1-8-7-5-3-2-4-6-7;1-2-4-5-3-1/h2-6H,1H3;1-5H2. The first kappa shape index (κ1) is 10.1. The molecule has 13 heavy (non-hydrogen) atoms. The predicted molar refractivity (Wildman–Crippen MR) is 56.1 cm³/mol. The van der Waals surface area contributed by atoms with Crippen LogP contribution in [-0.4, -0.2) is 7.11 Å². The van der Waals surface area contributed by atoms with Gasteiger partial charge < -0.3 is 4.74 Å². The van der Waals surface area contributed by atoms with Crippen LogP contribution < -0.4 is 4.74 Å². The van der Waals surface area contributed by atoms with Gasteiger partial charge in [0.25, 0.3) is 0 Å². The summed E-state index contributed by atoms with van der Waals surface area (Å²) >= 11 is 0. The third kappa shape index (κ3) is 4.56. The molecule has 1 fully saturated rings. The van der Waals surface area contributed by atoms with E-state index in [1.165, 1.54) is 32.1 Å². The van der Waals surface area contributed by atoms with Gasteiger partial charge in [0.1, 0.15) is 5.75 Å². The van der Waals surface area contributed by atoms with Gasteiger partial charge in [0.15, 0.2) is 0 Å². The van der Waals surface area contributed by atoms with E-state index < -0.39 is 0 Å². The molecular formula is C12H18O. The molecule has 0 atom stereocenters. The molecule has 0 amide bonds. The summed E-state index contributed by atoms with van der Waals surface area (Å²) in [5.41, 5.74) is 0. The van der Waals surface area contributed by atoms with E-state index in [9.17, 15) is 0 Å². The minimum atomic E-state index is 0.910. The zero-order valence-electron chi connectivity index (χ0n) is 8.33. The molecule has 0 radical (unpaired) electrons. The van der Waals surface area contributed by atoms with Crippen molar-refractivity contribution in [3.8, 4) is 5.75 Å². The molecule has 0 unspecified atom stereocenters. The maximum atomic E-state index is 4.91. The Balaban J connectivity index is 0.000000145. The SMILES string of the molecule is C1CCCC1.COc1ccccc1. The largest absolute Gasteiger partial charge is 0.497 e. The van der Waals surface area contributed by atoms with E-state index in [0.717, 1.165) is 5.75 Å². The average Bonchev–Trinajstić information content (AvgIpc) is 2.77. The summed E-state index contributed by atoms with van der Waals surface area (Å²) in [6.45, 7) is 0. The number of hydrogen-bond acceptors (Lipinski definition) is 1.